The molecule has 0 aliphatic rings. The number of hydrogen-bond acceptors (Lipinski definition) is 11. The molecule has 0 fully saturated rings. The van der Waals surface area contributed by atoms with Crippen LogP contribution in [0.15, 0.2) is 0 Å². The zero-order valence-corrected chi connectivity index (χ0v) is 19.2. The molecule has 0 aliphatic heterocycles. The summed E-state index contributed by atoms with van der Waals surface area (Å²) < 4.78 is 18.5. The van der Waals surface area contributed by atoms with Gasteiger partial charge in [-0.3, -0.25) is 14.4 Å². The maximum Gasteiger partial charge on any atom is 0.407 e. The average Bonchev–Trinajstić information content (AvgIpc) is 2.77. The van der Waals surface area contributed by atoms with Gasteiger partial charge in [-0.15, -0.1) is 0 Å². The van der Waals surface area contributed by atoms with Crippen molar-refractivity contribution >= 4 is 46.9 Å². The van der Waals surface area contributed by atoms with E-state index in [1.54, 1.807) is 13.8 Å². The molecule has 0 heterocycles. The first-order valence-electron chi connectivity index (χ1n) is 9.62. The Morgan fingerprint density at radius 3 is 2.09 bits per heavy atom. The number of alkyl carbamates (subject to hydrolysis) is 1. The summed E-state index contributed by atoms with van der Waals surface area (Å²) >= 11 is 0.666. The van der Waals surface area contributed by atoms with Crippen LogP contribution in [-0.4, -0.2) is 87.0 Å². The quantitative estimate of drug-likeness (QED) is 0.234. The van der Waals surface area contributed by atoms with Crippen LogP contribution in [0, 0.1) is 0 Å². The van der Waals surface area contributed by atoms with Gasteiger partial charge in [-0.05, 0) is 32.0 Å². The number of hydrogen-bond donors (Lipinski definition) is 3. The third kappa shape index (κ3) is 12.6. The van der Waals surface area contributed by atoms with Crippen LogP contribution in [0.5, 0.6) is 0 Å². The van der Waals surface area contributed by atoms with Crippen molar-refractivity contribution in [1.29, 1.82) is 0 Å². The molecule has 3 amide bonds. The minimum Gasteiger partial charge on any atom is -0.468 e. The van der Waals surface area contributed by atoms with E-state index in [4.69, 9.17) is 9.47 Å². The van der Waals surface area contributed by atoms with E-state index in [1.807, 2.05) is 0 Å². The van der Waals surface area contributed by atoms with Crippen LogP contribution in [0.2, 0.25) is 0 Å². The van der Waals surface area contributed by atoms with Gasteiger partial charge in [0.2, 0.25) is 11.8 Å². The first-order valence-corrected chi connectivity index (χ1v) is 10.6. The first kappa shape index (κ1) is 29.0. The number of carbonyl (C=O) groups excluding carboxylic acids is 6. The summed E-state index contributed by atoms with van der Waals surface area (Å²) in [5.74, 6) is -3.02. The SMILES string of the molecule is CCOC(=O)N[C@@H](CCC(=O)NC(CSC(=O)OCC)C(=O)NCC(=O)OC)C(=O)OC. The van der Waals surface area contributed by atoms with Crippen molar-refractivity contribution in [1.82, 2.24) is 16.0 Å². The highest BCUT2D eigenvalue weighted by molar-refractivity contribution is 8.13. The van der Waals surface area contributed by atoms with E-state index in [9.17, 15) is 28.8 Å². The molecule has 0 aromatic rings. The summed E-state index contributed by atoms with van der Waals surface area (Å²) in [5.41, 5.74) is 0. The minimum atomic E-state index is -1.18. The summed E-state index contributed by atoms with van der Waals surface area (Å²) in [6.07, 6.45) is -1.26. The number of nitrogens with one attached hydrogen (secondary N) is 3. The predicted molar refractivity (Wildman–Crippen MR) is 112 cm³/mol. The van der Waals surface area contributed by atoms with Gasteiger partial charge in [-0.2, -0.15) is 0 Å². The van der Waals surface area contributed by atoms with Gasteiger partial charge in [-0.1, -0.05) is 0 Å². The van der Waals surface area contributed by atoms with Crippen molar-refractivity contribution < 1.29 is 47.7 Å². The molecule has 3 N–H and O–H groups in total. The largest absolute Gasteiger partial charge is 0.468 e. The van der Waals surface area contributed by atoms with E-state index in [0.29, 0.717) is 11.8 Å². The highest BCUT2D eigenvalue weighted by atomic mass is 32.2. The number of amides is 3. The van der Waals surface area contributed by atoms with Crippen molar-refractivity contribution in [2.75, 3.05) is 39.7 Å². The Bertz CT molecular complexity index is 673. The molecular formula is C18H29N3O10S. The van der Waals surface area contributed by atoms with E-state index in [0.717, 1.165) is 14.2 Å². The average molecular weight is 480 g/mol. The molecular weight excluding hydrogens is 450 g/mol. The lowest BCUT2D eigenvalue weighted by atomic mass is 10.1. The normalized spacial score (nSPS) is 11.9. The number of methoxy groups -OCH3 is 2. The number of carbonyl (C=O) groups is 6. The molecule has 14 heteroatoms. The molecule has 0 saturated carbocycles. The van der Waals surface area contributed by atoms with Gasteiger partial charge in [0.05, 0.1) is 27.4 Å². The van der Waals surface area contributed by atoms with Gasteiger partial charge in [0.15, 0.2) is 0 Å². The number of rotatable bonds is 13. The van der Waals surface area contributed by atoms with Crippen molar-refractivity contribution in [2.45, 2.75) is 38.8 Å². The molecule has 1 unspecified atom stereocenters. The molecule has 0 aromatic heterocycles. The lowest BCUT2D eigenvalue weighted by molar-refractivity contribution is -0.143. The Morgan fingerprint density at radius 2 is 1.53 bits per heavy atom. The van der Waals surface area contributed by atoms with Crippen molar-refractivity contribution in [3.8, 4) is 0 Å². The zero-order chi connectivity index (χ0) is 24.5. The summed E-state index contributed by atoms with van der Waals surface area (Å²) in [5, 5.41) is 6.34. The first-order chi connectivity index (χ1) is 15.2. The topological polar surface area (TPSA) is 175 Å². The molecule has 0 saturated heterocycles. The Labute approximate surface area is 189 Å². The van der Waals surface area contributed by atoms with Gasteiger partial charge >= 0.3 is 23.3 Å². The van der Waals surface area contributed by atoms with Gasteiger partial charge in [-0.25, -0.2) is 14.4 Å². The van der Waals surface area contributed by atoms with Crippen LogP contribution < -0.4 is 16.0 Å². The summed E-state index contributed by atoms with van der Waals surface area (Å²) in [7, 11) is 2.27. The van der Waals surface area contributed by atoms with Gasteiger partial charge in [0.25, 0.3) is 0 Å². The lowest BCUT2D eigenvalue weighted by Crippen LogP contribution is -2.50. The second-order valence-electron chi connectivity index (χ2n) is 5.89. The summed E-state index contributed by atoms with van der Waals surface area (Å²) in [6, 6.07) is -2.33. The van der Waals surface area contributed by atoms with E-state index in [2.05, 4.69) is 25.4 Å². The van der Waals surface area contributed by atoms with Crippen molar-refractivity contribution in [3.05, 3.63) is 0 Å². The number of esters is 2. The third-order valence-electron chi connectivity index (χ3n) is 3.63. The minimum absolute atomic E-state index is 0.0840. The van der Waals surface area contributed by atoms with Crippen molar-refractivity contribution in [3.63, 3.8) is 0 Å². The number of thioether (sulfide) groups is 1. The molecule has 0 spiro atoms. The maximum atomic E-state index is 12.3. The molecule has 32 heavy (non-hydrogen) atoms. The van der Waals surface area contributed by atoms with E-state index in [-0.39, 0.29) is 31.8 Å². The van der Waals surface area contributed by atoms with Crippen LogP contribution in [0.4, 0.5) is 9.59 Å². The standard InChI is InChI=1S/C18H29N3O10S/c1-5-30-17(26)21-11(16(25)29-4)7-8-13(22)20-12(10-32-18(27)31-6-2)15(24)19-9-14(23)28-3/h11-12H,5-10H2,1-4H3,(H,19,24)(H,20,22)(H,21,26)/t11-,12?/m0/s1. The zero-order valence-electron chi connectivity index (χ0n) is 18.4. The molecule has 2 atom stereocenters. The highest BCUT2D eigenvalue weighted by Crippen LogP contribution is 2.09. The fourth-order valence-corrected chi connectivity index (χ4v) is 2.84. The Kier molecular flexibility index (Phi) is 15.1. The molecule has 0 aliphatic carbocycles. The monoisotopic (exact) mass is 479 g/mol. The van der Waals surface area contributed by atoms with E-state index in [1.165, 1.54) is 0 Å². The smallest absolute Gasteiger partial charge is 0.407 e. The summed E-state index contributed by atoms with van der Waals surface area (Å²) in [4.78, 5) is 70.9. The third-order valence-corrected chi connectivity index (χ3v) is 4.48. The van der Waals surface area contributed by atoms with Gasteiger partial charge < -0.3 is 34.9 Å². The molecule has 0 radical (unpaired) electrons. The van der Waals surface area contributed by atoms with Crippen LogP contribution in [-0.2, 0) is 38.1 Å². The predicted octanol–water partition coefficient (Wildman–Crippen LogP) is -0.282. The fourth-order valence-electron chi connectivity index (χ4n) is 2.10. The Balaban J connectivity index is 5.00. The van der Waals surface area contributed by atoms with Crippen LogP contribution in [0.3, 0.4) is 0 Å². The second kappa shape index (κ2) is 16.6. The second-order valence-corrected chi connectivity index (χ2v) is 6.84. The maximum absolute atomic E-state index is 12.3. The molecule has 0 bridgehead atoms. The van der Waals surface area contributed by atoms with Crippen LogP contribution in [0.1, 0.15) is 26.7 Å². The van der Waals surface area contributed by atoms with Gasteiger partial charge in [0, 0.05) is 12.2 Å². The fraction of sp³-hybridized carbons (Fsp3) is 0.667. The number of ether oxygens (including phenoxy) is 4. The lowest BCUT2D eigenvalue weighted by Gasteiger charge is -2.19. The van der Waals surface area contributed by atoms with Crippen LogP contribution in [0.25, 0.3) is 0 Å². The van der Waals surface area contributed by atoms with Gasteiger partial charge in [0.1, 0.15) is 18.6 Å². The Hall–Kier alpha value is -3.03. The summed E-state index contributed by atoms with van der Waals surface area (Å²) in [6.45, 7) is 2.99. The Morgan fingerprint density at radius 1 is 0.875 bits per heavy atom. The van der Waals surface area contributed by atoms with E-state index >= 15 is 0 Å². The molecule has 13 nitrogen and oxygen atoms in total. The molecule has 182 valence electrons. The molecule has 0 rings (SSSR count). The van der Waals surface area contributed by atoms with Crippen molar-refractivity contribution in [2.24, 2.45) is 0 Å². The van der Waals surface area contributed by atoms with E-state index < -0.39 is 53.8 Å². The molecule has 0 aromatic carbocycles. The van der Waals surface area contributed by atoms with Crippen LogP contribution >= 0.6 is 11.8 Å². The highest BCUT2D eigenvalue weighted by Gasteiger charge is 2.26.